The first-order valence-electron chi connectivity index (χ1n) is 5.41. The van der Waals surface area contributed by atoms with Gasteiger partial charge in [0.05, 0.1) is 5.92 Å². The Balaban J connectivity index is 2.18. The first kappa shape index (κ1) is 13.6. The number of nitrogens with zero attached hydrogens (tertiary/aromatic N) is 2. The van der Waals surface area contributed by atoms with Crippen molar-refractivity contribution >= 4 is 21.9 Å². The summed E-state index contributed by atoms with van der Waals surface area (Å²) in [5, 5.41) is 13.7. The molecule has 2 heterocycles. The van der Waals surface area contributed by atoms with Crippen LogP contribution in [0.15, 0.2) is 17.2 Å². The van der Waals surface area contributed by atoms with Gasteiger partial charge in [0.15, 0.2) is 0 Å². The van der Waals surface area contributed by atoms with Gasteiger partial charge in [-0.15, -0.1) is 0 Å². The zero-order valence-electron chi connectivity index (χ0n) is 10.1. The molecule has 104 valence electrons. The zero-order valence-corrected chi connectivity index (χ0v) is 10.9. The average Bonchev–Trinajstić information content (AvgIpc) is 2.56. The minimum Gasteiger partial charge on any atom is -0.481 e. The van der Waals surface area contributed by atoms with Gasteiger partial charge in [0.1, 0.15) is 10.6 Å². The number of aliphatic carboxylic acids is 1. The molecule has 1 aliphatic heterocycles. The molecule has 0 spiro atoms. The molecule has 1 saturated heterocycles. The third kappa shape index (κ3) is 2.47. The summed E-state index contributed by atoms with van der Waals surface area (Å²) in [5.74, 6) is -1.90. The molecule has 0 unspecified atom stereocenters. The molecule has 0 aromatic carbocycles. The van der Waals surface area contributed by atoms with Crippen molar-refractivity contribution < 1.29 is 23.1 Å². The molecular formula is C10H13N3O5S. The quantitative estimate of drug-likeness (QED) is 0.725. The highest BCUT2D eigenvalue weighted by molar-refractivity contribution is 7.89. The number of aryl methyl sites for hydroxylation is 1. The number of hydrogen-bond donors (Lipinski definition) is 2. The van der Waals surface area contributed by atoms with Crippen LogP contribution >= 0.6 is 0 Å². The topological polar surface area (TPSA) is 123 Å². The van der Waals surface area contributed by atoms with E-state index in [0.717, 1.165) is 0 Å². The molecule has 0 aliphatic carbocycles. The van der Waals surface area contributed by atoms with Crippen molar-refractivity contribution in [2.24, 2.45) is 18.1 Å². The number of amides is 1. The third-order valence-corrected chi connectivity index (χ3v) is 3.93. The first-order valence-corrected chi connectivity index (χ1v) is 6.96. The SMILES string of the molecule is Cn1cc(S(N)(=O)=O)cc1C(=O)N1CC(C(=O)O)C1. The second-order valence-corrected chi connectivity index (χ2v) is 6.02. The Morgan fingerprint density at radius 3 is 2.42 bits per heavy atom. The molecule has 9 heteroatoms. The highest BCUT2D eigenvalue weighted by Crippen LogP contribution is 2.20. The van der Waals surface area contributed by atoms with Gasteiger partial charge in [0.25, 0.3) is 5.91 Å². The number of carbonyl (C=O) groups is 2. The molecule has 1 aromatic rings. The van der Waals surface area contributed by atoms with Crippen molar-refractivity contribution in [3.8, 4) is 0 Å². The van der Waals surface area contributed by atoms with Crippen LogP contribution in [0.4, 0.5) is 0 Å². The number of carboxylic acid groups (broad SMARTS) is 1. The van der Waals surface area contributed by atoms with E-state index in [4.69, 9.17) is 10.2 Å². The minimum atomic E-state index is -3.86. The van der Waals surface area contributed by atoms with Gasteiger partial charge in [-0.3, -0.25) is 9.59 Å². The van der Waals surface area contributed by atoms with Gasteiger partial charge < -0.3 is 14.6 Å². The fraction of sp³-hybridized carbons (Fsp3) is 0.400. The van der Waals surface area contributed by atoms with Crippen LogP contribution < -0.4 is 5.14 Å². The van der Waals surface area contributed by atoms with Crippen LogP contribution in [0, 0.1) is 5.92 Å². The van der Waals surface area contributed by atoms with E-state index in [9.17, 15) is 18.0 Å². The fourth-order valence-electron chi connectivity index (χ4n) is 1.87. The van der Waals surface area contributed by atoms with E-state index >= 15 is 0 Å². The average molecular weight is 287 g/mol. The molecule has 1 fully saturated rings. The van der Waals surface area contributed by atoms with Crippen molar-refractivity contribution in [3.05, 3.63) is 18.0 Å². The largest absolute Gasteiger partial charge is 0.481 e. The Hall–Kier alpha value is -1.87. The fourth-order valence-corrected chi connectivity index (χ4v) is 2.45. The predicted molar refractivity (Wildman–Crippen MR) is 63.8 cm³/mol. The number of likely N-dealkylation sites (tertiary alicyclic amines) is 1. The van der Waals surface area contributed by atoms with Gasteiger partial charge >= 0.3 is 5.97 Å². The number of primary sulfonamides is 1. The van der Waals surface area contributed by atoms with Crippen LogP contribution in [-0.2, 0) is 21.9 Å². The Kier molecular flexibility index (Phi) is 3.11. The van der Waals surface area contributed by atoms with Gasteiger partial charge in [-0.05, 0) is 6.07 Å². The lowest BCUT2D eigenvalue weighted by molar-refractivity contribution is -0.146. The summed E-state index contributed by atoms with van der Waals surface area (Å²) in [5.41, 5.74) is 0.160. The summed E-state index contributed by atoms with van der Waals surface area (Å²) >= 11 is 0. The van der Waals surface area contributed by atoms with Crippen LogP contribution in [-0.4, -0.2) is 48.0 Å². The lowest BCUT2D eigenvalue weighted by Gasteiger charge is -2.36. The Labute approximate surface area is 109 Å². The van der Waals surface area contributed by atoms with Crippen molar-refractivity contribution in [1.82, 2.24) is 9.47 Å². The number of carbonyl (C=O) groups excluding carboxylic acids is 1. The van der Waals surface area contributed by atoms with E-state index in [1.807, 2.05) is 0 Å². The van der Waals surface area contributed by atoms with Crippen molar-refractivity contribution in [2.75, 3.05) is 13.1 Å². The Bertz CT molecular complexity index is 642. The van der Waals surface area contributed by atoms with Crippen molar-refractivity contribution in [1.29, 1.82) is 0 Å². The van der Waals surface area contributed by atoms with Gasteiger partial charge in [-0.1, -0.05) is 0 Å². The molecule has 0 atom stereocenters. The molecule has 0 saturated carbocycles. The number of carboxylic acids is 1. The first-order chi connectivity index (χ1) is 8.70. The van der Waals surface area contributed by atoms with E-state index in [-0.39, 0.29) is 23.7 Å². The summed E-state index contributed by atoms with van der Waals surface area (Å²) in [4.78, 5) is 23.9. The van der Waals surface area contributed by atoms with Gasteiger partial charge in [0.2, 0.25) is 10.0 Å². The van der Waals surface area contributed by atoms with Gasteiger partial charge in [-0.2, -0.15) is 0 Å². The van der Waals surface area contributed by atoms with Crippen LogP contribution in [0.25, 0.3) is 0 Å². The lowest BCUT2D eigenvalue weighted by Crippen LogP contribution is -2.53. The molecule has 19 heavy (non-hydrogen) atoms. The maximum Gasteiger partial charge on any atom is 0.310 e. The van der Waals surface area contributed by atoms with Gasteiger partial charge in [-0.25, -0.2) is 13.6 Å². The van der Waals surface area contributed by atoms with E-state index in [1.165, 1.54) is 28.8 Å². The summed E-state index contributed by atoms with van der Waals surface area (Å²) in [6, 6.07) is 1.19. The standard InChI is InChI=1S/C10H13N3O5S/c1-12-5-7(19(11,17)18)2-8(12)9(14)13-3-6(4-13)10(15)16/h2,5-6H,3-4H2,1H3,(H,15,16)(H2,11,17,18). The molecule has 3 N–H and O–H groups in total. The molecule has 2 rings (SSSR count). The van der Waals surface area contributed by atoms with E-state index < -0.39 is 27.8 Å². The number of nitrogens with two attached hydrogens (primary N) is 1. The highest BCUT2D eigenvalue weighted by Gasteiger charge is 2.37. The second-order valence-electron chi connectivity index (χ2n) is 4.46. The highest BCUT2D eigenvalue weighted by atomic mass is 32.2. The maximum absolute atomic E-state index is 12.0. The monoisotopic (exact) mass is 287 g/mol. The number of hydrogen-bond acceptors (Lipinski definition) is 4. The summed E-state index contributed by atoms with van der Waals surface area (Å²) < 4.78 is 23.7. The number of sulfonamides is 1. The van der Waals surface area contributed by atoms with E-state index in [0.29, 0.717) is 0 Å². The summed E-state index contributed by atoms with van der Waals surface area (Å²) in [6.45, 7) is 0.258. The second kappa shape index (κ2) is 4.35. The predicted octanol–water partition coefficient (Wildman–Crippen LogP) is -1.17. The van der Waals surface area contributed by atoms with Crippen LogP contribution in [0.5, 0.6) is 0 Å². The molecule has 8 nitrogen and oxygen atoms in total. The molecule has 0 bridgehead atoms. The van der Waals surface area contributed by atoms with E-state index in [2.05, 4.69) is 0 Å². The lowest BCUT2D eigenvalue weighted by atomic mass is 10.0. The molecule has 1 amide bonds. The van der Waals surface area contributed by atoms with Crippen LogP contribution in [0.2, 0.25) is 0 Å². The molecule has 1 aliphatic rings. The van der Waals surface area contributed by atoms with E-state index in [1.54, 1.807) is 0 Å². The van der Waals surface area contributed by atoms with Gasteiger partial charge in [0, 0.05) is 26.3 Å². The van der Waals surface area contributed by atoms with Crippen molar-refractivity contribution in [2.45, 2.75) is 4.90 Å². The zero-order chi connectivity index (χ0) is 14.4. The third-order valence-electron chi connectivity index (χ3n) is 3.05. The molecular weight excluding hydrogens is 274 g/mol. The minimum absolute atomic E-state index is 0.129. The number of aromatic nitrogens is 1. The Morgan fingerprint density at radius 1 is 1.42 bits per heavy atom. The van der Waals surface area contributed by atoms with Crippen molar-refractivity contribution in [3.63, 3.8) is 0 Å². The smallest absolute Gasteiger partial charge is 0.310 e. The maximum atomic E-state index is 12.0. The van der Waals surface area contributed by atoms with Crippen LogP contribution in [0.3, 0.4) is 0 Å². The normalized spacial score (nSPS) is 16.2. The molecule has 0 radical (unpaired) electrons. The molecule has 1 aromatic heterocycles. The number of rotatable bonds is 3. The summed E-state index contributed by atoms with van der Waals surface area (Å²) in [6.07, 6.45) is 1.25. The Morgan fingerprint density at radius 2 is 2.00 bits per heavy atom. The van der Waals surface area contributed by atoms with Crippen LogP contribution in [0.1, 0.15) is 10.5 Å². The summed E-state index contributed by atoms with van der Waals surface area (Å²) in [7, 11) is -2.34.